The average Bonchev–Trinajstić information content (AvgIpc) is 3.24. The number of benzene rings is 2. The number of carbonyl (C=O) groups excluding carboxylic acids is 1. The minimum atomic E-state index is -4.39. The molecule has 174 valence electrons. The van der Waals surface area contributed by atoms with Crippen molar-refractivity contribution in [3.8, 4) is 0 Å². The zero-order valence-electron chi connectivity index (χ0n) is 18.2. The lowest BCUT2D eigenvalue weighted by Gasteiger charge is -2.35. The lowest BCUT2D eigenvalue weighted by atomic mass is 9.93. The molecule has 33 heavy (non-hydrogen) atoms. The van der Waals surface area contributed by atoms with Gasteiger partial charge in [-0.3, -0.25) is 4.79 Å². The number of alkyl halides is 3. The summed E-state index contributed by atoms with van der Waals surface area (Å²) in [5, 5.41) is 0. The summed E-state index contributed by atoms with van der Waals surface area (Å²) >= 11 is 0. The van der Waals surface area contributed by atoms with Crippen molar-refractivity contribution in [2.75, 3.05) is 0 Å². The van der Waals surface area contributed by atoms with E-state index < -0.39 is 17.6 Å². The highest BCUT2D eigenvalue weighted by molar-refractivity contribution is 5.94. The Morgan fingerprint density at radius 1 is 0.970 bits per heavy atom. The molecule has 1 heterocycles. The molecule has 1 aliphatic rings. The maximum Gasteiger partial charge on any atom is 0.416 e. The summed E-state index contributed by atoms with van der Waals surface area (Å²) in [6.07, 6.45) is 2.46. The van der Waals surface area contributed by atoms with E-state index in [4.69, 9.17) is 0 Å². The van der Waals surface area contributed by atoms with Crippen LogP contribution in [0.3, 0.4) is 0 Å². The molecule has 1 fully saturated rings. The number of nitrogens with zero attached hydrogens (tertiary/aromatic N) is 2. The number of carbonyl (C=O) groups is 1. The third-order valence-electron chi connectivity index (χ3n) is 6.23. The molecule has 0 saturated heterocycles. The summed E-state index contributed by atoms with van der Waals surface area (Å²) < 4.78 is 54.6. The van der Waals surface area contributed by atoms with Gasteiger partial charge in [0.2, 0.25) is 0 Å². The van der Waals surface area contributed by atoms with E-state index in [9.17, 15) is 22.4 Å². The summed E-state index contributed by atoms with van der Waals surface area (Å²) in [5.74, 6) is -0.556. The maximum atomic E-state index is 13.4. The van der Waals surface area contributed by atoms with Crippen molar-refractivity contribution in [3.05, 3.63) is 95.1 Å². The fourth-order valence-electron chi connectivity index (χ4n) is 4.48. The van der Waals surface area contributed by atoms with Gasteiger partial charge < -0.3 is 9.47 Å². The smallest absolute Gasteiger partial charge is 0.345 e. The van der Waals surface area contributed by atoms with Crippen LogP contribution in [0, 0.1) is 5.82 Å². The zero-order valence-corrected chi connectivity index (χ0v) is 18.2. The zero-order chi connectivity index (χ0) is 23.4. The molecule has 1 aromatic heterocycles. The van der Waals surface area contributed by atoms with Crippen molar-refractivity contribution < 1.29 is 22.4 Å². The monoisotopic (exact) mass is 458 g/mol. The highest BCUT2D eigenvalue weighted by atomic mass is 19.4. The highest BCUT2D eigenvalue weighted by Crippen LogP contribution is 2.30. The Labute approximate surface area is 190 Å². The molecule has 3 nitrogen and oxygen atoms in total. The first kappa shape index (κ1) is 23.1. The number of amides is 1. The second-order valence-corrected chi connectivity index (χ2v) is 8.56. The van der Waals surface area contributed by atoms with Gasteiger partial charge in [0.25, 0.3) is 5.91 Å². The Balaban J connectivity index is 1.58. The molecule has 0 atom stereocenters. The summed E-state index contributed by atoms with van der Waals surface area (Å²) in [5.41, 5.74) is 1.13. The minimum absolute atomic E-state index is 0.0770. The van der Waals surface area contributed by atoms with Crippen LogP contribution in [0.25, 0.3) is 0 Å². The van der Waals surface area contributed by atoms with Gasteiger partial charge in [0, 0.05) is 30.0 Å². The van der Waals surface area contributed by atoms with E-state index >= 15 is 0 Å². The van der Waals surface area contributed by atoms with Crippen molar-refractivity contribution in [2.24, 2.45) is 0 Å². The Bertz CT molecular complexity index is 1080. The van der Waals surface area contributed by atoms with Crippen LogP contribution in [0.4, 0.5) is 17.6 Å². The molecule has 0 bridgehead atoms. The number of hydrogen-bond acceptors (Lipinski definition) is 1. The molecule has 1 aliphatic carbocycles. The maximum absolute atomic E-state index is 13.4. The molecular weight excluding hydrogens is 432 g/mol. The topological polar surface area (TPSA) is 25.2 Å². The van der Waals surface area contributed by atoms with Gasteiger partial charge in [0.05, 0.1) is 12.1 Å². The van der Waals surface area contributed by atoms with Gasteiger partial charge in [-0.25, -0.2) is 4.39 Å². The van der Waals surface area contributed by atoms with Gasteiger partial charge >= 0.3 is 6.18 Å². The fraction of sp³-hybridized carbons (Fsp3) is 0.346. The van der Waals surface area contributed by atoms with Crippen LogP contribution in [0.2, 0.25) is 0 Å². The second-order valence-electron chi connectivity index (χ2n) is 8.56. The standard InChI is InChI=1S/C26H26F4N2O/c27-22-13-11-20(12-14-22)25(33)32(23-8-2-1-3-9-23)18-24-10-5-15-31(24)17-19-6-4-7-21(16-19)26(28,29)30/h4-7,10-16,23H,1-3,8-9,17-18H2. The Morgan fingerprint density at radius 3 is 2.39 bits per heavy atom. The number of rotatable bonds is 6. The first-order valence-corrected chi connectivity index (χ1v) is 11.2. The van der Waals surface area contributed by atoms with Crippen LogP contribution in [-0.2, 0) is 19.3 Å². The van der Waals surface area contributed by atoms with Crippen LogP contribution in [0.5, 0.6) is 0 Å². The van der Waals surface area contributed by atoms with E-state index in [-0.39, 0.29) is 18.5 Å². The fourth-order valence-corrected chi connectivity index (χ4v) is 4.48. The van der Waals surface area contributed by atoms with Gasteiger partial charge in [-0.1, -0.05) is 31.4 Å². The van der Waals surface area contributed by atoms with Crippen LogP contribution in [-0.4, -0.2) is 21.4 Å². The molecule has 4 rings (SSSR count). The van der Waals surface area contributed by atoms with Crippen LogP contribution >= 0.6 is 0 Å². The third kappa shape index (κ3) is 5.64. The molecule has 0 N–H and O–H groups in total. The van der Waals surface area contributed by atoms with E-state index in [0.717, 1.165) is 49.9 Å². The SMILES string of the molecule is O=C(c1ccc(F)cc1)N(Cc1cccn1Cc1cccc(C(F)(F)F)c1)C1CCCCC1. The Hall–Kier alpha value is -3.09. The van der Waals surface area contributed by atoms with Crippen molar-refractivity contribution >= 4 is 5.91 Å². The lowest BCUT2D eigenvalue weighted by molar-refractivity contribution is -0.137. The molecule has 1 amide bonds. The molecular formula is C26H26F4N2O. The molecule has 0 radical (unpaired) electrons. The molecule has 0 spiro atoms. The molecule has 1 saturated carbocycles. The van der Waals surface area contributed by atoms with E-state index in [2.05, 4.69) is 0 Å². The first-order chi connectivity index (χ1) is 15.8. The van der Waals surface area contributed by atoms with E-state index in [1.165, 1.54) is 30.3 Å². The molecule has 0 aliphatic heterocycles. The molecule has 3 aromatic rings. The van der Waals surface area contributed by atoms with E-state index in [1.807, 2.05) is 27.8 Å². The number of halogens is 4. The van der Waals surface area contributed by atoms with Gasteiger partial charge in [-0.2, -0.15) is 13.2 Å². The molecule has 2 aromatic carbocycles. The normalized spacial score (nSPS) is 14.9. The Kier molecular flexibility index (Phi) is 6.86. The van der Waals surface area contributed by atoms with Gasteiger partial charge in [-0.05, 0) is 66.9 Å². The van der Waals surface area contributed by atoms with E-state index in [1.54, 1.807) is 6.07 Å². The predicted octanol–water partition coefficient (Wildman–Crippen LogP) is 6.67. The first-order valence-electron chi connectivity index (χ1n) is 11.2. The predicted molar refractivity (Wildman–Crippen MR) is 118 cm³/mol. The van der Waals surface area contributed by atoms with Crippen LogP contribution in [0.1, 0.15) is 59.3 Å². The van der Waals surface area contributed by atoms with E-state index in [0.29, 0.717) is 17.7 Å². The third-order valence-corrected chi connectivity index (χ3v) is 6.23. The van der Waals surface area contributed by atoms with Gasteiger partial charge in [-0.15, -0.1) is 0 Å². The van der Waals surface area contributed by atoms with Crippen molar-refractivity contribution in [1.29, 1.82) is 0 Å². The summed E-state index contributed by atoms with van der Waals surface area (Å²) in [6.45, 7) is 0.613. The number of aromatic nitrogens is 1. The number of hydrogen-bond donors (Lipinski definition) is 0. The molecule has 7 heteroatoms. The lowest BCUT2D eigenvalue weighted by Crippen LogP contribution is -2.41. The second kappa shape index (κ2) is 9.81. The van der Waals surface area contributed by atoms with Crippen molar-refractivity contribution in [3.63, 3.8) is 0 Å². The molecule has 0 unspecified atom stereocenters. The minimum Gasteiger partial charge on any atom is -0.345 e. The summed E-state index contributed by atoms with van der Waals surface area (Å²) in [4.78, 5) is 15.2. The van der Waals surface area contributed by atoms with Crippen molar-refractivity contribution in [1.82, 2.24) is 9.47 Å². The Morgan fingerprint density at radius 2 is 1.70 bits per heavy atom. The van der Waals surface area contributed by atoms with Gasteiger partial charge in [0.15, 0.2) is 0 Å². The highest BCUT2D eigenvalue weighted by Gasteiger charge is 2.30. The van der Waals surface area contributed by atoms with Gasteiger partial charge in [0.1, 0.15) is 5.82 Å². The summed E-state index contributed by atoms with van der Waals surface area (Å²) in [6, 6.07) is 14.7. The largest absolute Gasteiger partial charge is 0.416 e. The average molecular weight is 458 g/mol. The van der Waals surface area contributed by atoms with Crippen LogP contribution in [0.15, 0.2) is 66.9 Å². The quantitative estimate of drug-likeness (QED) is 0.379. The van der Waals surface area contributed by atoms with Crippen molar-refractivity contribution in [2.45, 2.75) is 57.4 Å². The summed E-state index contributed by atoms with van der Waals surface area (Å²) in [7, 11) is 0. The van der Waals surface area contributed by atoms with Crippen LogP contribution < -0.4 is 0 Å².